The van der Waals surface area contributed by atoms with Crippen molar-refractivity contribution in [2.45, 2.75) is 24.0 Å². The van der Waals surface area contributed by atoms with Crippen LogP contribution in [0.4, 0.5) is 22.0 Å². The summed E-state index contributed by atoms with van der Waals surface area (Å²) < 4.78 is 67.7. The Balaban J connectivity index is 1.70. The summed E-state index contributed by atoms with van der Waals surface area (Å²) >= 11 is 0. The third-order valence-corrected chi connectivity index (χ3v) is 6.97. The van der Waals surface area contributed by atoms with Gasteiger partial charge in [0.05, 0.1) is 0 Å². The van der Waals surface area contributed by atoms with E-state index >= 15 is 0 Å². The Morgan fingerprint density at radius 3 is 1.77 bits per heavy atom. The van der Waals surface area contributed by atoms with Crippen LogP contribution < -0.4 is 10.9 Å². The molecule has 0 heterocycles. The van der Waals surface area contributed by atoms with Crippen LogP contribution in [0.5, 0.6) is 0 Å². The van der Waals surface area contributed by atoms with Crippen molar-refractivity contribution in [3.63, 3.8) is 0 Å². The van der Waals surface area contributed by atoms with E-state index in [-0.39, 0.29) is 5.78 Å². The highest BCUT2D eigenvalue weighted by molar-refractivity contribution is 8.15. The fourth-order valence-electron chi connectivity index (χ4n) is 3.29. The normalized spacial score (nSPS) is 12.5. The number of thiol groups is 1. The minimum Gasteiger partial charge on any atom is -0.300 e. The Kier molecular flexibility index (Phi) is 7.21. The van der Waals surface area contributed by atoms with E-state index in [0.717, 1.165) is 16.9 Å². The van der Waals surface area contributed by atoms with Crippen molar-refractivity contribution in [3.8, 4) is 0 Å². The van der Waals surface area contributed by atoms with Gasteiger partial charge in [-0.2, -0.15) is 0 Å². The summed E-state index contributed by atoms with van der Waals surface area (Å²) in [6, 6.07) is 14.8. The standard InChI is InChI=1S/C23H20BF5OS/c1-13(30)11-14-5-9-17(10-6-14)31(2)12-15-3-7-16(8-4-15)24-18-19(25)21(27)23(29)22(28)20(18)26/h3-10,24,31H,11-12H2,1-2H3. The first-order valence-electron chi connectivity index (χ1n) is 9.55. The zero-order chi connectivity index (χ0) is 22.7. The quantitative estimate of drug-likeness (QED) is 0.189. The average Bonchev–Trinajstić information content (AvgIpc) is 2.75. The van der Waals surface area contributed by atoms with Crippen LogP contribution in [-0.4, -0.2) is 19.3 Å². The molecule has 8 heteroatoms. The lowest BCUT2D eigenvalue weighted by Gasteiger charge is -2.17. The van der Waals surface area contributed by atoms with E-state index in [4.69, 9.17) is 0 Å². The van der Waals surface area contributed by atoms with E-state index in [2.05, 4.69) is 6.26 Å². The van der Waals surface area contributed by atoms with E-state index in [1.807, 2.05) is 24.3 Å². The molecule has 1 unspecified atom stereocenters. The molecule has 0 aliphatic rings. The number of Topliss-reactive ketones (excluding diaryl/α,β-unsaturated/α-hetero) is 1. The molecule has 0 saturated heterocycles. The van der Waals surface area contributed by atoms with Gasteiger partial charge in [-0.15, -0.1) is 0 Å². The summed E-state index contributed by atoms with van der Waals surface area (Å²) in [5.74, 6) is -8.74. The highest BCUT2D eigenvalue weighted by atomic mass is 32.2. The van der Waals surface area contributed by atoms with Gasteiger partial charge >= 0.3 is 0 Å². The molecule has 0 saturated carbocycles. The molecular weight excluding hydrogens is 430 g/mol. The predicted molar refractivity (Wildman–Crippen MR) is 117 cm³/mol. The number of benzene rings is 3. The second-order valence-corrected chi connectivity index (χ2v) is 9.67. The SMILES string of the molecule is CC(=O)Cc1ccc([SH](C)Cc2ccc(Bc3c(F)c(F)c(F)c(F)c3F)cc2)cc1. The zero-order valence-electron chi connectivity index (χ0n) is 17.0. The lowest BCUT2D eigenvalue weighted by atomic mass is 9.63. The maximum Gasteiger partial charge on any atom is 0.200 e. The van der Waals surface area contributed by atoms with Gasteiger partial charge in [-0.1, -0.05) is 54.0 Å². The minimum absolute atomic E-state index is 0.109. The second-order valence-electron chi connectivity index (χ2n) is 7.44. The Bertz CT molecular complexity index is 1070. The molecular formula is C23H20BF5OS. The van der Waals surface area contributed by atoms with Crippen molar-refractivity contribution in [3.05, 3.63) is 88.7 Å². The van der Waals surface area contributed by atoms with Crippen molar-refractivity contribution < 1.29 is 26.7 Å². The van der Waals surface area contributed by atoms with Crippen molar-refractivity contribution in [2.24, 2.45) is 0 Å². The lowest BCUT2D eigenvalue weighted by Crippen LogP contribution is -2.34. The van der Waals surface area contributed by atoms with Crippen molar-refractivity contribution in [1.82, 2.24) is 0 Å². The molecule has 1 atom stereocenters. The summed E-state index contributed by atoms with van der Waals surface area (Å²) in [6.45, 7) is 1.55. The molecule has 162 valence electrons. The lowest BCUT2D eigenvalue weighted by molar-refractivity contribution is -0.116. The van der Waals surface area contributed by atoms with Crippen LogP contribution in [0.3, 0.4) is 0 Å². The van der Waals surface area contributed by atoms with Crippen molar-refractivity contribution in [1.29, 1.82) is 0 Å². The summed E-state index contributed by atoms with van der Waals surface area (Å²) in [5, 5.41) is 0. The molecule has 0 radical (unpaired) electrons. The van der Waals surface area contributed by atoms with Crippen molar-refractivity contribution >= 4 is 34.9 Å². The van der Waals surface area contributed by atoms with E-state index in [0.29, 0.717) is 11.9 Å². The van der Waals surface area contributed by atoms with Crippen LogP contribution in [-0.2, 0) is 17.0 Å². The maximum absolute atomic E-state index is 13.9. The first kappa shape index (κ1) is 23.1. The van der Waals surface area contributed by atoms with Gasteiger partial charge in [0, 0.05) is 12.2 Å². The Hall–Kier alpha value is -2.61. The molecule has 0 N–H and O–H groups in total. The topological polar surface area (TPSA) is 17.1 Å². The first-order chi connectivity index (χ1) is 14.7. The molecule has 0 amide bonds. The van der Waals surface area contributed by atoms with Gasteiger partial charge in [0.2, 0.25) is 0 Å². The number of hydrogen-bond donors (Lipinski definition) is 1. The summed E-state index contributed by atoms with van der Waals surface area (Å²) in [6.07, 6.45) is 2.53. The largest absolute Gasteiger partial charge is 0.300 e. The Morgan fingerprint density at radius 1 is 0.774 bits per heavy atom. The molecule has 3 rings (SSSR count). The second kappa shape index (κ2) is 9.68. The van der Waals surface area contributed by atoms with Gasteiger partial charge in [-0.05, 0) is 34.7 Å². The van der Waals surface area contributed by atoms with Crippen LogP contribution in [0.2, 0.25) is 0 Å². The Morgan fingerprint density at radius 2 is 1.26 bits per heavy atom. The summed E-state index contributed by atoms with van der Waals surface area (Å²) in [7, 11) is -0.909. The molecule has 3 aromatic rings. The number of carbonyl (C=O) groups excluding carboxylic acids is 1. The van der Waals surface area contributed by atoms with Gasteiger partial charge in [-0.3, -0.25) is 4.79 Å². The number of rotatable bonds is 7. The molecule has 1 nitrogen and oxygen atoms in total. The van der Waals surface area contributed by atoms with E-state index in [9.17, 15) is 26.7 Å². The van der Waals surface area contributed by atoms with Crippen LogP contribution in [0.15, 0.2) is 53.4 Å². The smallest absolute Gasteiger partial charge is 0.200 e. The first-order valence-corrected chi connectivity index (χ1v) is 11.5. The number of carbonyl (C=O) groups is 1. The van der Waals surface area contributed by atoms with Gasteiger partial charge in [0.25, 0.3) is 0 Å². The third-order valence-electron chi connectivity index (χ3n) is 4.95. The van der Waals surface area contributed by atoms with Crippen LogP contribution in [0.1, 0.15) is 18.1 Å². The fourth-order valence-corrected chi connectivity index (χ4v) is 4.89. The molecule has 0 bridgehead atoms. The maximum atomic E-state index is 13.9. The van der Waals surface area contributed by atoms with Crippen LogP contribution in [0.25, 0.3) is 0 Å². The predicted octanol–water partition coefficient (Wildman–Crippen LogP) is 4.09. The van der Waals surface area contributed by atoms with Gasteiger partial charge < -0.3 is 0 Å². The Labute approximate surface area is 180 Å². The fraction of sp³-hybridized carbons (Fsp3) is 0.174. The highest BCUT2D eigenvalue weighted by Crippen LogP contribution is 2.36. The van der Waals surface area contributed by atoms with Crippen LogP contribution >= 0.6 is 10.9 Å². The third kappa shape index (κ3) is 5.36. The number of hydrogen-bond acceptors (Lipinski definition) is 1. The van der Waals surface area contributed by atoms with Gasteiger partial charge in [0.1, 0.15) is 5.78 Å². The number of ketones is 1. The molecule has 0 spiro atoms. The summed E-state index contributed by atoms with van der Waals surface area (Å²) in [4.78, 5) is 12.4. The molecule has 0 aliphatic carbocycles. The summed E-state index contributed by atoms with van der Waals surface area (Å²) in [5.41, 5.74) is 1.58. The highest BCUT2D eigenvalue weighted by Gasteiger charge is 2.25. The molecule has 0 aliphatic heterocycles. The zero-order valence-corrected chi connectivity index (χ0v) is 17.9. The van der Waals surface area contributed by atoms with E-state index < -0.39 is 52.7 Å². The van der Waals surface area contributed by atoms with Gasteiger partial charge in [0.15, 0.2) is 36.4 Å². The van der Waals surface area contributed by atoms with E-state index in [1.54, 1.807) is 31.2 Å². The van der Waals surface area contributed by atoms with E-state index in [1.165, 1.54) is 4.90 Å². The van der Waals surface area contributed by atoms with Crippen LogP contribution in [0, 0.1) is 29.1 Å². The minimum atomic E-state index is -2.15. The monoisotopic (exact) mass is 450 g/mol. The van der Waals surface area contributed by atoms with Crippen molar-refractivity contribution in [2.75, 3.05) is 6.26 Å². The molecule has 0 aromatic heterocycles. The molecule has 31 heavy (non-hydrogen) atoms. The molecule has 0 fully saturated rings. The number of halogens is 5. The van der Waals surface area contributed by atoms with Gasteiger partial charge in [-0.25, -0.2) is 32.8 Å². The molecule has 3 aromatic carbocycles. The average molecular weight is 450 g/mol.